The smallest absolute Gasteiger partial charge is 0.0325 e. The van der Waals surface area contributed by atoms with Crippen LogP contribution in [-0.2, 0) is 6.54 Å². The Morgan fingerprint density at radius 1 is 1.20 bits per heavy atom. The van der Waals surface area contributed by atoms with Crippen LogP contribution in [0.25, 0.3) is 0 Å². The lowest BCUT2D eigenvalue weighted by Gasteiger charge is -2.38. The van der Waals surface area contributed by atoms with E-state index in [1.54, 1.807) is 0 Å². The first-order valence-corrected chi connectivity index (χ1v) is 8.64. The summed E-state index contributed by atoms with van der Waals surface area (Å²) in [6.07, 6.45) is 2.45. The SMILES string of the molecule is CCC(CC)(CNC(C)(C)C)CN(C)Cc1cccs1. The van der Waals surface area contributed by atoms with E-state index in [0.29, 0.717) is 5.41 Å². The first-order chi connectivity index (χ1) is 9.30. The van der Waals surface area contributed by atoms with E-state index in [0.717, 1.165) is 19.6 Å². The molecule has 1 aromatic heterocycles. The number of hydrogen-bond donors (Lipinski definition) is 1. The Hall–Kier alpha value is -0.380. The van der Waals surface area contributed by atoms with Crippen LogP contribution < -0.4 is 5.32 Å². The molecule has 0 unspecified atom stereocenters. The van der Waals surface area contributed by atoms with Gasteiger partial charge in [0.15, 0.2) is 0 Å². The third kappa shape index (κ3) is 5.94. The van der Waals surface area contributed by atoms with Crippen molar-refractivity contribution >= 4 is 11.3 Å². The topological polar surface area (TPSA) is 15.3 Å². The van der Waals surface area contributed by atoms with Crippen molar-refractivity contribution < 1.29 is 0 Å². The van der Waals surface area contributed by atoms with Gasteiger partial charge in [0.05, 0.1) is 0 Å². The van der Waals surface area contributed by atoms with Crippen LogP contribution in [-0.4, -0.2) is 30.6 Å². The van der Waals surface area contributed by atoms with Crippen LogP contribution in [0, 0.1) is 5.41 Å². The second-order valence-corrected chi connectivity index (χ2v) is 8.09. The third-order valence-electron chi connectivity index (χ3n) is 4.10. The van der Waals surface area contributed by atoms with Crippen molar-refractivity contribution in [2.45, 2.75) is 59.5 Å². The van der Waals surface area contributed by atoms with Crippen molar-refractivity contribution in [2.24, 2.45) is 5.41 Å². The summed E-state index contributed by atoms with van der Waals surface area (Å²) in [5.41, 5.74) is 0.571. The maximum Gasteiger partial charge on any atom is 0.0325 e. The van der Waals surface area contributed by atoms with Gasteiger partial charge < -0.3 is 10.2 Å². The molecule has 0 fully saturated rings. The highest BCUT2D eigenvalue weighted by Gasteiger charge is 2.29. The molecular formula is C17H32N2S. The zero-order valence-corrected chi connectivity index (χ0v) is 14.9. The van der Waals surface area contributed by atoms with Crippen LogP contribution in [0.4, 0.5) is 0 Å². The lowest BCUT2D eigenvalue weighted by atomic mass is 9.81. The molecule has 1 aromatic rings. The summed E-state index contributed by atoms with van der Waals surface area (Å²) in [6, 6.07) is 4.37. The molecular weight excluding hydrogens is 264 g/mol. The minimum absolute atomic E-state index is 0.196. The highest BCUT2D eigenvalue weighted by atomic mass is 32.1. The van der Waals surface area contributed by atoms with E-state index >= 15 is 0 Å². The summed E-state index contributed by atoms with van der Waals surface area (Å²) in [5, 5.41) is 5.87. The fourth-order valence-electron chi connectivity index (χ4n) is 2.53. The zero-order chi connectivity index (χ0) is 15.2. The highest BCUT2D eigenvalue weighted by molar-refractivity contribution is 7.09. The van der Waals surface area contributed by atoms with Gasteiger partial charge in [-0.3, -0.25) is 0 Å². The van der Waals surface area contributed by atoms with Gasteiger partial charge in [-0.1, -0.05) is 19.9 Å². The molecule has 0 saturated heterocycles. The Bertz CT molecular complexity index is 361. The average molecular weight is 297 g/mol. The summed E-state index contributed by atoms with van der Waals surface area (Å²) in [6.45, 7) is 14.7. The van der Waals surface area contributed by atoms with Crippen LogP contribution in [0.5, 0.6) is 0 Å². The lowest BCUT2D eigenvalue weighted by molar-refractivity contribution is 0.141. The first-order valence-electron chi connectivity index (χ1n) is 7.76. The van der Waals surface area contributed by atoms with Crippen molar-refractivity contribution in [1.82, 2.24) is 10.2 Å². The maximum atomic E-state index is 3.70. The van der Waals surface area contributed by atoms with Gasteiger partial charge in [-0.25, -0.2) is 0 Å². The summed E-state index contributed by atoms with van der Waals surface area (Å²) >= 11 is 1.85. The van der Waals surface area contributed by atoms with E-state index in [-0.39, 0.29) is 5.54 Å². The van der Waals surface area contributed by atoms with Crippen molar-refractivity contribution in [3.05, 3.63) is 22.4 Å². The molecule has 0 saturated carbocycles. The molecule has 0 aliphatic carbocycles. The largest absolute Gasteiger partial charge is 0.311 e. The standard InChI is InChI=1S/C17H32N2S/c1-7-17(8-2,13-18-16(3,4)5)14-19(6)12-15-10-9-11-20-15/h9-11,18H,7-8,12-14H2,1-6H3. The molecule has 1 rings (SSSR count). The van der Waals surface area contributed by atoms with Gasteiger partial charge in [-0.15, -0.1) is 11.3 Å². The molecule has 0 aliphatic heterocycles. The summed E-state index contributed by atoms with van der Waals surface area (Å²) < 4.78 is 0. The summed E-state index contributed by atoms with van der Waals surface area (Å²) in [4.78, 5) is 3.93. The second kappa shape index (κ2) is 7.58. The molecule has 0 radical (unpaired) electrons. The van der Waals surface area contributed by atoms with Crippen molar-refractivity contribution in [3.63, 3.8) is 0 Å². The van der Waals surface area contributed by atoms with Gasteiger partial charge in [0.2, 0.25) is 0 Å². The Labute approximate surface area is 129 Å². The maximum absolute atomic E-state index is 3.70. The summed E-state index contributed by atoms with van der Waals surface area (Å²) in [7, 11) is 2.25. The molecule has 116 valence electrons. The summed E-state index contributed by atoms with van der Waals surface area (Å²) in [5.74, 6) is 0. The van der Waals surface area contributed by atoms with Gasteiger partial charge >= 0.3 is 0 Å². The number of nitrogens with one attached hydrogen (secondary N) is 1. The van der Waals surface area contributed by atoms with Gasteiger partial charge in [-0.2, -0.15) is 0 Å². The fourth-order valence-corrected chi connectivity index (χ4v) is 3.31. The Balaban J connectivity index is 2.60. The van der Waals surface area contributed by atoms with Gasteiger partial charge in [0.1, 0.15) is 0 Å². The minimum atomic E-state index is 0.196. The Morgan fingerprint density at radius 2 is 1.85 bits per heavy atom. The number of thiophene rings is 1. The van der Waals surface area contributed by atoms with E-state index in [4.69, 9.17) is 0 Å². The van der Waals surface area contributed by atoms with Crippen LogP contribution in [0.2, 0.25) is 0 Å². The van der Waals surface area contributed by atoms with Gasteiger partial charge in [0, 0.05) is 30.1 Å². The molecule has 0 amide bonds. The molecule has 20 heavy (non-hydrogen) atoms. The number of rotatable bonds is 8. The quantitative estimate of drug-likeness (QED) is 0.766. The second-order valence-electron chi connectivity index (χ2n) is 7.06. The van der Waals surface area contributed by atoms with Crippen LogP contribution >= 0.6 is 11.3 Å². The third-order valence-corrected chi connectivity index (χ3v) is 4.97. The van der Waals surface area contributed by atoms with E-state index < -0.39 is 0 Å². The number of hydrogen-bond acceptors (Lipinski definition) is 3. The monoisotopic (exact) mass is 296 g/mol. The van der Waals surface area contributed by atoms with Gasteiger partial charge in [-0.05, 0) is 57.5 Å². The highest BCUT2D eigenvalue weighted by Crippen LogP contribution is 2.28. The lowest BCUT2D eigenvalue weighted by Crippen LogP contribution is -2.47. The van der Waals surface area contributed by atoms with Crippen molar-refractivity contribution in [2.75, 3.05) is 20.1 Å². The first kappa shape index (κ1) is 17.7. The molecule has 0 bridgehead atoms. The molecule has 0 atom stereocenters. The van der Waals surface area contributed by atoms with Crippen LogP contribution in [0.3, 0.4) is 0 Å². The van der Waals surface area contributed by atoms with Crippen LogP contribution in [0.15, 0.2) is 17.5 Å². The average Bonchev–Trinajstić information content (AvgIpc) is 2.86. The molecule has 0 aromatic carbocycles. The van der Waals surface area contributed by atoms with Crippen LogP contribution in [0.1, 0.15) is 52.3 Å². The van der Waals surface area contributed by atoms with E-state index in [9.17, 15) is 0 Å². The van der Waals surface area contributed by atoms with E-state index in [1.807, 2.05) is 11.3 Å². The normalized spacial score (nSPS) is 13.2. The predicted molar refractivity (Wildman–Crippen MR) is 91.4 cm³/mol. The molecule has 2 nitrogen and oxygen atoms in total. The molecule has 1 heterocycles. The van der Waals surface area contributed by atoms with Crippen molar-refractivity contribution in [3.8, 4) is 0 Å². The Morgan fingerprint density at radius 3 is 2.30 bits per heavy atom. The van der Waals surface area contributed by atoms with Crippen molar-refractivity contribution in [1.29, 1.82) is 0 Å². The molecule has 0 spiro atoms. The molecule has 0 aliphatic rings. The Kier molecular flexibility index (Phi) is 6.70. The van der Waals surface area contributed by atoms with E-state index in [2.05, 4.69) is 69.4 Å². The molecule has 3 heteroatoms. The molecule has 1 N–H and O–H groups in total. The van der Waals surface area contributed by atoms with Gasteiger partial charge in [0.25, 0.3) is 0 Å². The van der Waals surface area contributed by atoms with E-state index in [1.165, 1.54) is 17.7 Å². The minimum Gasteiger partial charge on any atom is -0.311 e. The number of nitrogens with zero attached hydrogens (tertiary/aromatic N) is 1. The zero-order valence-electron chi connectivity index (χ0n) is 14.1. The predicted octanol–water partition coefficient (Wildman–Crippen LogP) is 4.37. The fraction of sp³-hybridized carbons (Fsp3) is 0.765.